The highest BCUT2D eigenvalue weighted by Gasteiger charge is 2.28. The van der Waals surface area contributed by atoms with E-state index in [0.29, 0.717) is 28.3 Å². The Morgan fingerprint density at radius 1 is 0.967 bits per heavy atom. The Balaban J connectivity index is 2.20. The number of esters is 2. The molecule has 2 rings (SSSR count). The van der Waals surface area contributed by atoms with Crippen molar-refractivity contribution in [3.8, 4) is 11.5 Å². The molecule has 1 aromatic carbocycles. The average molecular weight is 417 g/mol. The molecule has 1 unspecified atom stereocenters. The first-order valence-corrected chi connectivity index (χ1v) is 9.48. The number of aromatic nitrogens is 1. The van der Waals surface area contributed by atoms with E-state index in [1.165, 1.54) is 27.2 Å². The van der Waals surface area contributed by atoms with E-state index in [2.05, 4.69) is 4.98 Å². The molecule has 0 aliphatic rings. The second-order valence-corrected chi connectivity index (χ2v) is 7.06. The molecule has 8 nitrogen and oxygen atoms in total. The van der Waals surface area contributed by atoms with Crippen LogP contribution in [0.1, 0.15) is 63.2 Å². The monoisotopic (exact) mass is 417 g/mol. The summed E-state index contributed by atoms with van der Waals surface area (Å²) >= 11 is 0. The third-order valence-corrected chi connectivity index (χ3v) is 4.49. The van der Waals surface area contributed by atoms with E-state index in [4.69, 9.17) is 18.9 Å². The topological polar surface area (TPSA) is 104 Å². The number of H-pyrrole nitrogens is 1. The normalized spacial score (nSPS) is 11.7. The lowest BCUT2D eigenvalue weighted by molar-refractivity contribution is 0.0316. The molecular formula is C22H27NO7. The zero-order chi connectivity index (χ0) is 22.6. The first-order chi connectivity index (χ1) is 14.1. The predicted octanol–water partition coefficient (Wildman–Crippen LogP) is 3.64. The second-order valence-electron chi connectivity index (χ2n) is 7.06. The zero-order valence-corrected chi connectivity index (χ0v) is 18.2. The van der Waals surface area contributed by atoms with E-state index in [0.717, 1.165) is 0 Å². The summed E-state index contributed by atoms with van der Waals surface area (Å²) < 4.78 is 21.0. The quantitative estimate of drug-likeness (QED) is 0.516. The van der Waals surface area contributed by atoms with Gasteiger partial charge in [-0.2, -0.15) is 0 Å². The Bertz CT molecular complexity index is 959. The van der Waals surface area contributed by atoms with Gasteiger partial charge in [-0.1, -0.05) is 0 Å². The van der Waals surface area contributed by atoms with Crippen LogP contribution in [0.2, 0.25) is 0 Å². The van der Waals surface area contributed by atoms with Gasteiger partial charge in [-0.05, 0) is 58.4 Å². The third-order valence-electron chi connectivity index (χ3n) is 4.49. The van der Waals surface area contributed by atoms with Crippen LogP contribution in [0.4, 0.5) is 0 Å². The molecule has 0 aliphatic carbocycles. The van der Waals surface area contributed by atoms with Crippen molar-refractivity contribution in [1.29, 1.82) is 0 Å². The van der Waals surface area contributed by atoms with Crippen molar-refractivity contribution in [2.75, 3.05) is 14.2 Å². The highest BCUT2D eigenvalue weighted by molar-refractivity contribution is 6.04. The molecule has 0 bridgehead atoms. The first-order valence-electron chi connectivity index (χ1n) is 9.48. The number of benzene rings is 1. The van der Waals surface area contributed by atoms with Crippen molar-refractivity contribution < 1.29 is 33.3 Å². The number of hydrogen-bond donors (Lipinski definition) is 1. The molecule has 0 spiro atoms. The number of carbonyl (C=O) groups is 3. The maximum atomic E-state index is 12.8. The number of nitrogens with one attached hydrogen (secondary N) is 1. The maximum absolute atomic E-state index is 12.8. The van der Waals surface area contributed by atoms with E-state index in [1.54, 1.807) is 26.0 Å². The van der Waals surface area contributed by atoms with Crippen molar-refractivity contribution in [3.05, 3.63) is 46.3 Å². The van der Waals surface area contributed by atoms with Crippen LogP contribution in [0.15, 0.2) is 18.2 Å². The molecule has 1 heterocycles. The highest BCUT2D eigenvalue weighted by Crippen LogP contribution is 2.29. The van der Waals surface area contributed by atoms with Crippen LogP contribution in [-0.4, -0.2) is 49.1 Å². The molecule has 8 heteroatoms. The number of Topliss-reactive ketones (excluding diaryl/α,β-unsaturated/α-hetero) is 1. The van der Waals surface area contributed by atoms with Crippen LogP contribution in [0.25, 0.3) is 0 Å². The van der Waals surface area contributed by atoms with Gasteiger partial charge < -0.3 is 23.9 Å². The number of hydrogen-bond acceptors (Lipinski definition) is 7. The van der Waals surface area contributed by atoms with Crippen LogP contribution < -0.4 is 9.47 Å². The van der Waals surface area contributed by atoms with Gasteiger partial charge in [0, 0.05) is 5.69 Å². The maximum Gasteiger partial charge on any atom is 0.339 e. The van der Waals surface area contributed by atoms with Gasteiger partial charge in [0.25, 0.3) is 0 Å². The summed E-state index contributed by atoms with van der Waals surface area (Å²) in [6.45, 7) is 8.53. The lowest BCUT2D eigenvalue weighted by Crippen LogP contribution is -2.25. The summed E-state index contributed by atoms with van der Waals surface area (Å²) in [6, 6.07) is 4.65. The summed E-state index contributed by atoms with van der Waals surface area (Å²) in [5, 5.41) is 0. The van der Waals surface area contributed by atoms with Crippen molar-refractivity contribution in [3.63, 3.8) is 0 Å². The third kappa shape index (κ3) is 4.82. The average Bonchev–Trinajstić information content (AvgIpc) is 3.00. The Labute approximate surface area is 175 Å². The molecule has 1 aromatic heterocycles. The molecule has 0 saturated heterocycles. The molecule has 1 N–H and O–H groups in total. The minimum absolute atomic E-state index is 0.0586. The van der Waals surface area contributed by atoms with Crippen molar-refractivity contribution in [2.45, 2.75) is 46.8 Å². The van der Waals surface area contributed by atoms with E-state index in [-0.39, 0.29) is 17.4 Å². The molecule has 2 aromatic rings. The molecule has 0 fully saturated rings. The van der Waals surface area contributed by atoms with Crippen molar-refractivity contribution in [1.82, 2.24) is 4.98 Å². The lowest BCUT2D eigenvalue weighted by atomic mass is 10.1. The van der Waals surface area contributed by atoms with Crippen molar-refractivity contribution >= 4 is 17.7 Å². The molecule has 1 atom stereocenters. The van der Waals surface area contributed by atoms with Gasteiger partial charge in [-0.3, -0.25) is 4.79 Å². The molecular weight excluding hydrogens is 390 g/mol. The minimum atomic E-state index is -1.07. The van der Waals surface area contributed by atoms with E-state index >= 15 is 0 Å². The second kappa shape index (κ2) is 9.47. The summed E-state index contributed by atoms with van der Waals surface area (Å²) in [7, 11) is 2.74. The van der Waals surface area contributed by atoms with Gasteiger partial charge in [0.1, 0.15) is 0 Å². The number of carbonyl (C=O) groups excluding carboxylic acids is 3. The molecule has 0 radical (unpaired) electrons. The van der Waals surface area contributed by atoms with Crippen LogP contribution >= 0.6 is 0 Å². The van der Waals surface area contributed by atoms with E-state index < -0.39 is 23.8 Å². The predicted molar refractivity (Wildman–Crippen MR) is 110 cm³/mol. The summed E-state index contributed by atoms with van der Waals surface area (Å²) in [4.78, 5) is 40.2. The van der Waals surface area contributed by atoms with Gasteiger partial charge >= 0.3 is 11.9 Å². The Hall–Kier alpha value is -3.29. The largest absolute Gasteiger partial charge is 0.493 e. The van der Waals surface area contributed by atoms with Crippen LogP contribution in [-0.2, 0) is 9.47 Å². The zero-order valence-electron chi connectivity index (χ0n) is 18.2. The fourth-order valence-corrected chi connectivity index (χ4v) is 3.04. The summed E-state index contributed by atoms with van der Waals surface area (Å²) in [5.41, 5.74) is 1.67. The van der Waals surface area contributed by atoms with Crippen LogP contribution in [0.5, 0.6) is 11.5 Å². The molecule has 0 amide bonds. The van der Waals surface area contributed by atoms with Gasteiger partial charge in [0.05, 0.1) is 37.1 Å². The minimum Gasteiger partial charge on any atom is -0.493 e. The van der Waals surface area contributed by atoms with Crippen LogP contribution in [0.3, 0.4) is 0 Å². The standard InChI is InChI=1S/C22H27NO7/c1-11(2)29-16-9-8-15(10-17(16)27-6)21(25)30-14(5)20(24)19-12(3)18(13(4)23-19)22(26)28-7/h8-11,14,23H,1-7H3. The number of ketones is 1. The number of ether oxygens (including phenoxy) is 4. The highest BCUT2D eigenvalue weighted by atomic mass is 16.5. The lowest BCUT2D eigenvalue weighted by Gasteiger charge is -2.15. The summed E-state index contributed by atoms with van der Waals surface area (Å²) in [5.74, 6) is -0.789. The van der Waals surface area contributed by atoms with Crippen LogP contribution in [0, 0.1) is 13.8 Å². The van der Waals surface area contributed by atoms with E-state index in [1.807, 2.05) is 13.8 Å². The first kappa shape index (κ1) is 23.0. The number of methoxy groups -OCH3 is 2. The molecule has 0 aliphatic heterocycles. The molecule has 0 saturated carbocycles. The van der Waals surface area contributed by atoms with Gasteiger partial charge in [0.2, 0.25) is 5.78 Å². The number of aromatic amines is 1. The fourth-order valence-electron chi connectivity index (χ4n) is 3.04. The number of rotatable bonds is 8. The SMILES string of the molecule is COC(=O)c1c(C)[nH]c(C(=O)C(C)OC(=O)c2ccc(OC(C)C)c(OC)c2)c1C. The van der Waals surface area contributed by atoms with Gasteiger partial charge in [-0.25, -0.2) is 9.59 Å². The van der Waals surface area contributed by atoms with Crippen molar-refractivity contribution in [2.24, 2.45) is 0 Å². The smallest absolute Gasteiger partial charge is 0.339 e. The molecule has 162 valence electrons. The van der Waals surface area contributed by atoms with E-state index in [9.17, 15) is 14.4 Å². The summed E-state index contributed by atoms with van der Waals surface area (Å²) in [6.07, 6.45) is -1.13. The Morgan fingerprint density at radius 3 is 2.20 bits per heavy atom. The Morgan fingerprint density at radius 2 is 1.63 bits per heavy atom. The molecule has 30 heavy (non-hydrogen) atoms. The Kier molecular flexibility index (Phi) is 7.26. The van der Waals surface area contributed by atoms with Gasteiger partial charge in [0.15, 0.2) is 17.6 Å². The number of aryl methyl sites for hydroxylation is 1. The van der Waals surface area contributed by atoms with Gasteiger partial charge in [-0.15, -0.1) is 0 Å². The fraction of sp³-hybridized carbons (Fsp3) is 0.409.